The van der Waals surface area contributed by atoms with Gasteiger partial charge in [-0.25, -0.2) is 11.3 Å². The SMILES string of the molecule is CC(=O)Cc1cscc1[C-]=O.[Y+3]. The van der Waals surface area contributed by atoms with E-state index >= 15 is 0 Å². The molecule has 0 radical (unpaired) electrons. The van der Waals surface area contributed by atoms with Crippen molar-refractivity contribution in [1.29, 1.82) is 0 Å². The molecule has 0 bridgehead atoms. The summed E-state index contributed by atoms with van der Waals surface area (Å²) in [5, 5.41) is 3.51. The van der Waals surface area contributed by atoms with Gasteiger partial charge in [0.05, 0.1) is 6.29 Å². The Morgan fingerprint density at radius 3 is 2.75 bits per heavy atom. The van der Waals surface area contributed by atoms with Crippen LogP contribution in [0, 0.1) is 0 Å². The minimum Gasteiger partial charge on any atom is -0.376 e. The number of rotatable bonds is 3. The summed E-state index contributed by atoms with van der Waals surface area (Å²) in [5.41, 5.74) is 1.31. The Morgan fingerprint density at radius 1 is 1.58 bits per heavy atom. The molecule has 1 heterocycles. The van der Waals surface area contributed by atoms with E-state index in [9.17, 15) is 9.59 Å². The van der Waals surface area contributed by atoms with Gasteiger partial charge in [-0.15, -0.1) is 16.5 Å². The molecule has 1 aromatic heterocycles. The van der Waals surface area contributed by atoms with Crippen LogP contribution in [0.25, 0.3) is 0 Å². The molecule has 0 aromatic carbocycles. The van der Waals surface area contributed by atoms with Crippen molar-refractivity contribution >= 4 is 23.4 Å². The normalized spacial score (nSPS) is 8.75. The van der Waals surface area contributed by atoms with Gasteiger partial charge >= 0.3 is 32.7 Å². The summed E-state index contributed by atoms with van der Waals surface area (Å²) in [7, 11) is 0. The van der Waals surface area contributed by atoms with E-state index in [1.807, 2.05) is 5.38 Å². The topological polar surface area (TPSA) is 34.1 Å². The van der Waals surface area contributed by atoms with E-state index in [0.717, 1.165) is 5.56 Å². The van der Waals surface area contributed by atoms with E-state index < -0.39 is 0 Å². The molecule has 0 amide bonds. The van der Waals surface area contributed by atoms with Crippen molar-refractivity contribution in [2.24, 2.45) is 0 Å². The standard InChI is InChI=1S/C8H7O2S.Y/c1-6(10)2-7-4-11-5-8(7)3-9;/h4-5H,2H2,1H3;/q-1;+3. The number of ketones is 1. The third kappa shape index (κ3) is 3.25. The summed E-state index contributed by atoms with van der Waals surface area (Å²) in [6.07, 6.45) is 2.13. The Labute approximate surface area is 100 Å². The summed E-state index contributed by atoms with van der Waals surface area (Å²) >= 11 is 1.42. The minimum absolute atomic E-state index is 0. The van der Waals surface area contributed by atoms with Gasteiger partial charge in [-0.3, -0.25) is 0 Å². The van der Waals surface area contributed by atoms with Crippen molar-refractivity contribution in [2.75, 3.05) is 0 Å². The second kappa shape index (κ2) is 5.73. The molecule has 0 atom stereocenters. The third-order valence-corrected chi connectivity index (χ3v) is 2.08. The zero-order chi connectivity index (χ0) is 8.27. The van der Waals surface area contributed by atoms with Crippen LogP contribution in [0.1, 0.15) is 18.1 Å². The minimum atomic E-state index is 0. The first kappa shape index (κ1) is 12.1. The summed E-state index contributed by atoms with van der Waals surface area (Å²) in [5.74, 6) is 0.0694. The molecular formula is C8H7O2SY+2. The van der Waals surface area contributed by atoms with E-state index in [1.54, 1.807) is 11.7 Å². The third-order valence-electron chi connectivity index (χ3n) is 1.29. The van der Waals surface area contributed by atoms with Gasteiger partial charge < -0.3 is 9.59 Å². The van der Waals surface area contributed by atoms with Crippen molar-refractivity contribution in [2.45, 2.75) is 13.3 Å². The fraction of sp³-hybridized carbons (Fsp3) is 0.250. The van der Waals surface area contributed by atoms with Crippen molar-refractivity contribution in [3.63, 3.8) is 0 Å². The quantitative estimate of drug-likeness (QED) is 0.765. The van der Waals surface area contributed by atoms with Crippen LogP contribution in [0.4, 0.5) is 0 Å². The molecular weight excluding hydrogens is 249 g/mol. The van der Waals surface area contributed by atoms with Gasteiger partial charge in [-0.1, -0.05) is 5.38 Å². The Morgan fingerprint density at radius 2 is 2.25 bits per heavy atom. The molecule has 1 aromatic rings. The molecule has 0 saturated heterocycles. The van der Waals surface area contributed by atoms with Crippen LogP contribution >= 0.6 is 11.3 Å². The molecule has 12 heavy (non-hydrogen) atoms. The van der Waals surface area contributed by atoms with Crippen molar-refractivity contribution in [3.8, 4) is 0 Å². The summed E-state index contributed by atoms with van der Waals surface area (Å²) in [6, 6.07) is 0. The van der Waals surface area contributed by atoms with Crippen LogP contribution in [0.3, 0.4) is 0 Å². The van der Waals surface area contributed by atoms with Crippen LogP contribution in [0.5, 0.6) is 0 Å². The monoisotopic (exact) mass is 256 g/mol. The van der Waals surface area contributed by atoms with Gasteiger partial charge in [-0.05, 0) is 13.3 Å². The van der Waals surface area contributed by atoms with Crippen LogP contribution < -0.4 is 0 Å². The first-order valence-corrected chi connectivity index (χ1v) is 4.11. The molecule has 0 spiro atoms. The maximum atomic E-state index is 10.7. The Balaban J connectivity index is 0.00000121. The maximum absolute atomic E-state index is 10.7. The van der Waals surface area contributed by atoms with E-state index in [4.69, 9.17) is 0 Å². The number of thiophene rings is 1. The van der Waals surface area contributed by atoms with Crippen molar-refractivity contribution < 1.29 is 42.3 Å². The van der Waals surface area contributed by atoms with Gasteiger partial charge in [0.2, 0.25) is 0 Å². The number of carbonyl (C=O) groups is 1. The van der Waals surface area contributed by atoms with E-state index in [2.05, 4.69) is 0 Å². The molecule has 1 rings (SSSR count). The van der Waals surface area contributed by atoms with Crippen LogP contribution in [-0.2, 0) is 48.7 Å². The molecule has 0 aliphatic carbocycles. The molecule has 0 unspecified atom stereocenters. The average molecular weight is 256 g/mol. The fourth-order valence-electron chi connectivity index (χ4n) is 0.818. The molecule has 0 aliphatic rings. The summed E-state index contributed by atoms with van der Waals surface area (Å²) in [6.45, 7) is 1.51. The molecule has 0 fully saturated rings. The second-order valence-corrected chi connectivity index (χ2v) is 3.04. The Kier molecular flexibility index (Phi) is 5.80. The van der Waals surface area contributed by atoms with Gasteiger partial charge in [0.15, 0.2) is 0 Å². The predicted molar refractivity (Wildman–Crippen MR) is 43.5 cm³/mol. The van der Waals surface area contributed by atoms with Gasteiger partial charge in [0, 0.05) is 0 Å². The van der Waals surface area contributed by atoms with Crippen molar-refractivity contribution in [3.05, 3.63) is 21.9 Å². The number of hydrogen-bond acceptors (Lipinski definition) is 3. The first-order valence-electron chi connectivity index (χ1n) is 3.16. The molecule has 4 heteroatoms. The summed E-state index contributed by atoms with van der Waals surface area (Å²) in [4.78, 5) is 20.9. The molecule has 58 valence electrons. The Bertz CT molecular complexity index is 280. The molecule has 0 saturated carbocycles. The smallest absolute Gasteiger partial charge is 0.376 e. The first-order chi connectivity index (χ1) is 5.24. The number of carbonyl (C=O) groups excluding carboxylic acids is 2. The fourth-order valence-corrected chi connectivity index (χ4v) is 1.60. The largest absolute Gasteiger partial charge is 3.00 e. The summed E-state index contributed by atoms with van der Waals surface area (Å²) < 4.78 is 0. The van der Waals surface area contributed by atoms with Crippen molar-refractivity contribution in [1.82, 2.24) is 0 Å². The van der Waals surface area contributed by atoms with Gasteiger partial charge in [0.25, 0.3) is 0 Å². The maximum Gasteiger partial charge on any atom is 3.00 e. The van der Waals surface area contributed by atoms with E-state index in [-0.39, 0.29) is 38.5 Å². The predicted octanol–water partition coefficient (Wildman–Crippen LogP) is 1.33. The van der Waals surface area contributed by atoms with Gasteiger partial charge in [-0.2, -0.15) is 0 Å². The zero-order valence-corrected chi connectivity index (χ0v) is 10.3. The van der Waals surface area contributed by atoms with E-state index in [1.165, 1.54) is 18.3 Å². The molecule has 2 nitrogen and oxygen atoms in total. The average Bonchev–Trinajstić information content (AvgIpc) is 2.34. The van der Waals surface area contributed by atoms with Crippen LogP contribution in [0.2, 0.25) is 0 Å². The zero-order valence-electron chi connectivity index (χ0n) is 6.66. The Hall–Kier alpha value is 0.144. The molecule has 0 aliphatic heterocycles. The molecule has 0 N–H and O–H groups in total. The van der Waals surface area contributed by atoms with Crippen LogP contribution in [-0.4, -0.2) is 12.1 Å². The number of Topliss-reactive ketones (excluding diaryl/α,β-unsaturated/α-hetero) is 1. The second-order valence-electron chi connectivity index (χ2n) is 2.29. The van der Waals surface area contributed by atoms with Gasteiger partial charge in [0.1, 0.15) is 5.78 Å². The van der Waals surface area contributed by atoms with Crippen LogP contribution in [0.15, 0.2) is 10.8 Å². The van der Waals surface area contributed by atoms with E-state index in [0.29, 0.717) is 12.0 Å². The number of hydrogen-bond donors (Lipinski definition) is 0.